The molecule has 3 rings (SSSR count). The quantitative estimate of drug-likeness (QED) is 0.637. The first-order chi connectivity index (χ1) is 13.1. The molecule has 0 atom stereocenters. The molecule has 0 unspecified atom stereocenters. The van der Waals surface area contributed by atoms with E-state index in [1.54, 1.807) is 11.3 Å². The van der Waals surface area contributed by atoms with Crippen LogP contribution < -0.4 is 5.32 Å². The number of guanidine groups is 1. The van der Waals surface area contributed by atoms with Gasteiger partial charge < -0.3 is 15.1 Å². The van der Waals surface area contributed by atoms with Gasteiger partial charge in [0.05, 0.1) is 0 Å². The van der Waals surface area contributed by atoms with Crippen LogP contribution in [-0.2, 0) is 24.3 Å². The van der Waals surface area contributed by atoms with E-state index in [-0.39, 0.29) is 12.5 Å². The average molecular weight is 385 g/mol. The first kappa shape index (κ1) is 19.4. The lowest BCUT2D eigenvalue weighted by Crippen LogP contribution is -2.41. The third-order valence-corrected chi connectivity index (χ3v) is 5.78. The van der Waals surface area contributed by atoms with Crippen molar-refractivity contribution < 1.29 is 4.79 Å². The van der Waals surface area contributed by atoms with Crippen molar-refractivity contribution in [3.05, 3.63) is 57.3 Å². The van der Waals surface area contributed by atoms with Crippen LogP contribution in [0.2, 0.25) is 0 Å². The van der Waals surface area contributed by atoms with Crippen LogP contribution in [0.3, 0.4) is 0 Å². The van der Waals surface area contributed by atoms with Crippen molar-refractivity contribution in [2.24, 2.45) is 4.99 Å². The van der Waals surface area contributed by atoms with Crippen LogP contribution in [0.5, 0.6) is 0 Å². The molecule has 1 aliphatic heterocycles. The molecule has 1 aromatic carbocycles. The molecule has 0 saturated carbocycles. The fraction of sp³-hybridized carbons (Fsp3) is 0.429. The maximum atomic E-state index is 12.6. The fourth-order valence-corrected chi connectivity index (χ4v) is 4.11. The summed E-state index contributed by atoms with van der Waals surface area (Å²) < 4.78 is 0. The molecule has 1 aromatic heterocycles. The Morgan fingerprint density at radius 1 is 1.30 bits per heavy atom. The highest BCUT2D eigenvalue weighted by Gasteiger charge is 2.21. The second-order valence-corrected chi connectivity index (χ2v) is 7.95. The van der Waals surface area contributed by atoms with Crippen molar-refractivity contribution in [3.8, 4) is 0 Å². The van der Waals surface area contributed by atoms with Gasteiger partial charge in [0.15, 0.2) is 5.96 Å². The van der Waals surface area contributed by atoms with E-state index in [0.717, 1.165) is 32.0 Å². The van der Waals surface area contributed by atoms with Gasteiger partial charge in [-0.15, -0.1) is 11.3 Å². The SMILES string of the molecule is CCNC(=NCC(=O)N1CCc2sccc2C1)N(C)Cc1ccc(C)cc1. The predicted octanol–water partition coefficient (Wildman–Crippen LogP) is 3.04. The first-order valence-corrected chi connectivity index (χ1v) is 10.3. The van der Waals surface area contributed by atoms with Gasteiger partial charge in [0, 0.05) is 38.1 Å². The maximum Gasteiger partial charge on any atom is 0.244 e. The zero-order valence-electron chi connectivity index (χ0n) is 16.4. The number of rotatable bonds is 5. The minimum Gasteiger partial charge on any atom is -0.357 e. The smallest absolute Gasteiger partial charge is 0.244 e. The minimum absolute atomic E-state index is 0.0889. The molecule has 0 saturated heterocycles. The first-order valence-electron chi connectivity index (χ1n) is 9.45. The molecule has 2 heterocycles. The highest BCUT2D eigenvalue weighted by atomic mass is 32.1. The minimum atomic E-state index is 0.0889. The molecule has 1 N–H and O–H groups in total. The third-order valence-electron chi connectivity index (χ3n) is 4.76. The molecule has 1 aliphatic rings. The van der Waals surface area contributed by atoms with Gasteiger partial charge in [-0.2, -0.15) is 0 Å². The Hall–Kier alpha value is -2.34. The lowest BCUT2D eigenvalue weighted by molar-refractivity contribution is -0.130. The number of hydrogen-bond acceptors (Lipinski definition) is 3. The van der Waals surface area contributed by atoms with Crippen LogP contribution in [0.1, 0.15) is 28.5 Å². The molecular weight excluding hydrogens is 356 g/mol. The number of hydrogen-bond donors (Lipinski definition) is 1. The van der Waals surface area contributed by atoms with E-state index in [9.17, 15) is 4.79 Å². The normalized spacial score (nSPS) is 14.0. The molecular formula is C21H28N4OS. The molecule has 0 spiro atoms. The molecule has 2 aromatic rings. The van der Waals surface area contributed by atoms with Crippen molar-refractivity contribution in [2.75, 3.05) is 26.7 Å². The summed E-state index contributed by atoms with van der Waals surface area (Å²) in [5, 5.41) is 5.40. The van der Waals surface area contributed by atoms with Gasteiger partial charge in [0.2, 0.25) is 5.91 Å². The highest BCUT2D eigenvalue weighted by Crippen LogP contribution is 2.23. The van der Waals surface area contributed by atoms with Gasteiger partial charge in [0.1, 0.15) is 6.54 Å². The van der Waals surface area contributed by atoms with Gasteiger partial charge in [-0.1, -0.05) is 29.8 Å². The second kappa shape index (κ2) is 9.04. The van der Waals surface area contributed by atoms with E-state index in [1.807, 2.05) is 18.9 Å². The van der Waals surface area contributed by atoms with E-state index in [1.165, 1.54) is 21.6 Å². The molecule has 5 nitrogen and oxygen atoms in total. The van der Waals surface area contributed by atoms with Gasteiger partial charge in [-0.25, -0.2) is 4.99 Å². The summed E-state index contributed by atoms with van der Waals surface area (Å²) in [6.07, 6.45) is 0.954. The summed E-state index contributed by atoms with van der Waals surface area (Å²) in [4.78, 5) is 22.6. The van der Waals surface area contributed by atoms with Gasteiger partial charge >= 0.3 is 0 Å². The number of nitrogens with zero attached hydrogens (tertiary/aromatic N) is 3. The van der Waals surface area contributed by atoms with Crippen LogP contribution in [0, 0.1) is 6.92 Å². The molecule has 144 valence electrons. The predicted molar refractivity (Wildman–Crippen MR) is 112 cm³/mol. The fourth-order valence-electron chi connectivity index (χ4n) is 3.22. The summed E-state index contributed by atoms with van der Waals surface area (Å²) in [5.41, 5.74) is 3.76. The molecule has 0 fully saturated rings. The molecule has 0 radical (unpaired) electrons. The summed E-state index contributed by atoms with van der Waals surface area (Å²) >= 11 is 1.79. The topological polar surface area (TPSA) is 47.9 Å². The van der Waals surface area contributed by atoms with Gasteiger partial charge in [0.25, 0.3) is 0 Å². The lowest BCUT2D eigenvalue weighted by atomic mass is 10.1. The molecule has 1 amide bonds. The number of amides is 1. The Balaban J connectivity index is 1.61. The second-order valence-electron chi connectivity index (χ2n) is 6.95. The summed E-state index contributed by atoms with van der Waals surface area (Å²) in [5.74, 6) is 0.852. The van der Waals surface area contributed by atoms with Crippen LogP contribution in [0.15, 0.2) is 40.7 Å². The summed E-state index contributed by atoms with van der Waals surface area (Å²) in [6.45, 7) is 7.33. The number of aliphatic imine (C=N–C) groups is 1. The third kappa shape index (κ3) is 5.10. The van der Waals surface area contributed by atoms with E-state index >= 15 is 0 Å². The van der Waals surface area contributed by atoms with Gasteiger partial charge in [-0.05, 0) is 42.8 Å². The van der Waals surface area contributed by atoms with E-state index in [4.69, 9.17) is 0 Å². The molecule has 27 heavy (non-hydrogen) atoms. The van der Waals surface area contributed by atoms with Crippen LogP contribution in [0.4, 0.5) is 0 Å². The van der Waals surface area contributed by atoms with Crippen molar-refractivity contribution >= 4 is 23.2 Å². The van der Waals surface area contributed by atoms with Crippen LogP contribution in [-0.4, -0.2) is 48.3 Å². The van der Waals surface area contributed by atoms with Crippen molar-refractivity contribution in [1.82, 2.24) is 15.1 Å². The van der Waals surface area contributed by atoms with Crippen molar-refractivity contribution in [3.63, 3.8) is 0 Å². The number of nitrogens with one attached hydrogen (secondary N) is 1. The zero-order valence-corrected chi connectivity index (χ0v) is 17.2. The Morgan fingerprint density at radius 3 is 2.81 bits per heavy atom. The lowest BCUT2D eigenvalue weighted by Gasteiger charge is -2.27. The van der Waals surface area contributed by atoms with Crippen molar-refractivity contribution in [2.45, 2.75) is 33.4 Å². The van der Waals surface area contributed by atoms with E-state index in [0.29, 0.717) is 6.54 Å². The largest absolute Gasteiger partial charge is 0.357 e. The van der Waals surface area contributed by atoms with Gasteiger partial charge in [-0.3, -0.25) is 4.79 Å². The van der Waals surface area contributed by atoms with E-state index < -0.39 is 0 Å². The maximum absolute atomic E-state index is 12.6. The molecule has 0 aliphatic carbocycles. The Bertz CT molecular complexity index is 797. The average Bonchev–Trinajstić information content (AvgIpc) is 3.14. The molecule has 0 bridgehead atoms. The molecule has 6 heteroatoms. The Morgan fingerprint density at radius 2 is 2.07 bits per heavy atom. The highest BCUT2D eigenvalue weighted by molar-refractivity contribution is 7.10. The Labute approximate surface area is 165 Å². The number of carbonyl (C=O) groups is 1. The summed E-state index contributed by atoms with van der Waals surface area (Å²) in [7, 11) is 2.00. The van der Waals surface area contributed by atoms with Crippen molar-refractivity contribution in [1.29, 1.82) is 0 Å². The standard InChI is InChI=1S/C21H28N4OS/c1-4-22-21(24(3)14-17-7-5-16(2)6-8-17)23-13-20(26)25-11-9-19-18(15-25)10-12-27-19/h5-8,10,12H,4,9,11,13-15H2,1-3H3,(H,22,23). The van der Waals surface area contributed by atoms with Crippen LogP contribution >= 0.6 is 11.3 Å². The van der Waals surface area contributed by atoms with E-state index in [2.05, 4.69) is 57.8 Å². The number of thiophene rings is 1. The summed E-state index contributed by atoms with van der Waals surface area (Å²) in [6, 6.07) is 10.6. The van der Waals surface area contributed by atoms with Crippen LogP contribution in [0.25, 0.3) is 0 Å². The number of aryl methyl sites for hydroxylation is 1. The number of benzene rings is 1. The number of fused-ring (bicyclic) bond motifs is 1. The monoisotopic (exact) mass is 384 g/mol. The number of carbonyl (C=O) groups excluding carboxylic acids is 1. The Kier molecular flexibility index (Phi) is 6.50. The zero-order chi connectivity index (χ0) is 19.2.